The molecule has 2 aliphatic rings. The Labute approximate surface area is 415 Å². The summed E-state index contributed by atoms with van der Waals surface area (Å²) in [6.45, 7) is 0. The zero-order valence-corrected chi connectivity index (χ0v) is 38.4. The van der Waals surface area contributed by atoms with E-state index in [0.717, 1.165) is 50.7 Å². The highest BCUT2D eigenvalue weighted by Gasteiger charge is 2.52. The number of hydrogen-bond acceptors (Lipinski definition) is 2. The highest BCUT2D eigenvalue weighted by atomic mass is 15.2. The van der Waals surface area contributed by atoms with E-state index in [4.69, 9.17) is 39.2 Å². The van der Waals surface area contributed by atoms with E-state index in [1.807, 2.05) is 12.1 Å². The topological polar surface area (TPSA) is 11.4 Å². The second kappa shape index (κ2) is 16.0. The summed E-state index contributed by atoms with van der Waals surface area (Å²) in [6, 6.07) is 76.8. The highest BCUT2D eigenvalue weighted by Crippen LogP contribution is 2.64. The molecule has 3 nitrogen and oxygen atoms in total. The third-order valence-corrected chi connectivity index (χ3v) is 14.9. The molecule has 0 saturated heterocycles. The number of rotatable bonds is 7. The molecule has 1 spiro atoms. The fourth-order valence-corrected chi connectivity index (χ4v) is 11.8. The molecule has 0 aliphatic heterocycles. The predicted octanol–water partition coefficient (Wildman–Crippen LogP) is 10.3. The fourth-order valence-electron chi connectivity index (χ4n) is 11.8. The van der Waals surface area contributed by atoms with Gasteiger partial charge in [-0.25, -0.2) is 0 Å². The SMILES string of the molecule is [B]c1c([B])c([B])c(-c2ccc(N(c3ccc4c(c3)C3(c5ccccc5-c5ccc(N(c6ccccc6)c6ccccc6)cc53)c3ccccc3-4)c3cccc4c5ccccc5n(C)c34)cc2)c([B])c1[B]. The number of para-hydroxylation sites is 4. The van der Waals surface area contributed by atoms with Crippen molar-refractivity contribution in [3.8, 4) is 33.4 Å². The number of nitrogens with zero attached hydrogens (tertiary/aromatic N) is 3. The molecule has 316 valence electrons. The van der Waals surface area contributed by atoms with E-state index in [9.17, 15) is 0 Å². The van der Waals surface area contributed by atoms with Gasteiger partial charge in [-0.15, -0.1) is 16.4 Å². The van der Waals surface area contributed by atoms with Crippen LogP contribution < -0.4 is 37.1 Å². The lowest BCUT2D eigenvalue weighted by Gasteiger charge is -2.33. The largest absolute Gasteiger partial charge is 0.342 e. The first-order valence-electron chi connectivity index (χ1n) is 23.5. The summed E-state index contributed by atoms with van der Waals surface area (Å²) in [5, 5.41) is 2.36. The van der Waals surface area contributed by atoms with Gasteiger partial charge in [0.05, 0.1) is 16.6 Å². The maximum atomic E-state index is 6.62. The second-order valence-corrected chi connectivity index (χ2v) is 18.4. The predicted molar refractivity (Wildman–Crippen MR) is 298 cm³/mol. The molecule has 0 amide bonds. The Bertz CT molecular complexity index is 3840. The number of benzene rings is 10. The Morgan fingerprint density at radius 3 is 1.39 bits per heavy atom. The van der Waals surface area contributed by atoms with Crippen LogP contribution in [0.1, 0.15) is 22.3 Å². The summed E-state index contributed by atoms with van der Waals surface area (Å²) in [4.78, 5) is 4.74. The van der Waals surface area contributed by atoms with Crippen LogP contribution in [0.5, 0.6) is 0 Å². The molecule has 0 bridgehead atoms. The fraction of sp³-hybridized carbons (Fsp3) is 0.0323. The molecule has 8 heteroatoms. The first-order chi connectivity index (χ1) is 34.3. The van der Waals surface area contributed by atoms with Gasteiger partial charge in [-0.2, -0.15) is 0 Å². The van der Waals surface area contributed by atoms with Crippen LogP contribution in [0.25, 0.3) is 55.2 Å². The van der Waals surface area contributed by atoms with Crippen LogP contribution in [-0.2, 0) is 12.5 Å². The van der Waals surface area contributed by atoms with Gasteiger partial charge in [0.2, 0.25) is 0 Å². The van der Waals surface area contributed by atoms with Crippen LogP contribution in [0.4, 0.5) is 34.1 Å². The van der Waals surface area contributed by atoms with Crippen molar-refractivity contribution in [1.29, 1.82) is 0 Å². The van der Waals surface area contributed by atoms with Crippen LogP contribution in [0.15, 0.2) is 212 Å². The number of aromatic nitrogens is 1. The molecular formula is C62H38B5N3. The molecule has 1 aromatic heterocycles. The van der Waals surface area contributed by atoms with Crippen LogP contribution >= 0.6 is 0 Å². The summed E-state index contributed by atoms with van der Waals surface area (Å²) in [7, 11) is 34.4. The van der Waals surface area contributed by atoms with E-state index in [0.29, 0.717) is 16.5 Å². The minimum absolute atomic E-state index is 0.189. The van der Waals surface area contributed by atoms with Gasteiger partial charge in [-0.3, -0.25) is 0 Å². The molecule has 13 rings (SSSR count). The van der Waals surface area contributed by atoms with Crippen LogP contribution in [0.2, 0.25) is 0 Å². The molecule has 0 fully saturated rings. The Morgan fingerprint density at radius 1 is 0.357 bits per heavy atom. The van der Waals surface area contributed by atoms with E-state index in [-0.39, 0.29) is 16.4 Å². The van der Waals surface area contributed by atoms with Crippen LogP contribution in [-0.4, -0.2) is 43.8 Å². The van der Waals surface area contributed by atoms with Crippen molar-refractivity contribution in [3.63, 3.8) is 0 Å². The van der Waals surface area contributed by atoms with Gasteiger partial charge in [0.25, 0.3) is 0 Å². The Morgan fingerprint density at radius 2 is 0.800 bits per heavy atom. The third-order valence-electron chi connectivity index (χ3n) is 14.9. The molecule has 2 aliphatic carbocycles. The number of fused-ring (bicyclic) bond motifs is 13. The van der Waals surface area contributed by atoms with Gasteiger partial charge in [0.15, 0.2) is 0 Å². The average molecular weight is 879 g/mol. The van der Waals surface area contributed by atoms with E-state index in [2.05, 4.69) is 222 Å². The van der Waals surface area contributed by atoms with E-state index in [1.165, 1.54) is 55.3 Å². The zero-order valence-electron chi connectivity index (χ0n) is 38.4. The first kappa shape index (κ1) is 42.1. The molecule has 1 heterocycles. The summed E-state index contributed by atoms with van der Waals surface area (Å²) in [5.74, 6) is 0. The molecule has 11 aromatic rings. The molecule has 0 saturated carbocycles. The Hall–Kier alpha value is -8.08. The van der Waals surface area contributed by atoms with Gasteiger partial charge in [-0.1, -0.05) is 150 Å². The van der Waals surface area contributed by atoms with Gasteiger partial charge >= 0.3 is 0 Å². The quantitative estimate of drug-likeness (QED) is 0.148. The Kier molecular flexibility index (Phi) is 9.62. The number of hydrogen-bond donors (Lipinski definition) is 0. The number of anilines is 6. The summed E-state index contributed by atoms with van der Waals surface area (Å²) in [6.07, 6.45) is 0. The van der Waals surface area contributed by atoms with Crippen molar-refractivity contribution in [2.45, 2.75) is 5.41 Å². The third kappa shape index (κ3) is 5.95. The van der Waals surface area contributed by atoms with Gasteiger partial charge in [-0.05, 0) is 128 Å². The van der Waals surface area contributed by atoms with Gasteiger partial charge < -0.3 is 14.4 Å². The highest BCUT2D eigenvalue weighted by molar-refractivity contribution is 6.68. The summed E-state index contributed by atoms with van der Waals surface area (Å²) < 4.78 is 2.31. The Balaban J connectivity index is 1.07. The van der Waals surface area contributed by atoms with Crippen molar-refractivity contribution >= 4 is 122 Å². The first-order valence-corrected chi connectivity index (χ1v) is 23.5. The number of aryl methyl sites for hydroxylation is 1. The van der Waals surface area contributed by atoms with E-state index < -0.39 is 5.41 Å². The molecule has 70 heavy (non-hydrogen) atoms. The lowest BCUT2D eigenvalue weighted by molar-refractivity contribution is 0.793. The van der Waals surface area contributed by atoms with Crippen LogP contribution in [0.3, 0.4) is 0 Å². The molecular weight excluding hydrogens is 841 g/mol. The van der Waals surface area contributed by atoms with Gasteiger partial charge in [0.1, 0.15) is 39.2 Å². The van der Waals surface area contributed by atoms with Crippen molar-refractivity contribution in [2.75, 3.05) is 9.80 Å². The summed E-state index contributed by atoms with van der Waals surface area (Å²) >= 11 is 0. The smallest absolute Gasteiger partial charge is 0.113 e. The minimum atomic E-state index is -0.645. The molecule has 10 radical (unpaired) electrons. The normalized spacial score (nSPS) is 14.1. The minimum Gasteiger partial charge on any atom is -0.342 e. The van der Waals surface area contributed by atoms with Crippen LogP contribution in [0, 0.1) is 0 Å². The van der Waals surface area contributed by atoms with Crippen molar-refractivity contribution < 1.29 is 0 Å². The standard InChI is InChI=1S/C62H38B5N3/c1-68-53-25-13-10-21-47(53)48-22-14-26-54(61(48)68)70(40-29-27-37(28-30-40)55-56(63)58(65)60(67)59(66)57(55)64)42-32-34-46-44-20-9-12-24-50(44)62(52(46)36-42)49-23-11-8-19-43(49)45-33-31-41(35-51(45)62)69(38-15-4-2-5-16-38)39-17-6-3-7-18-39/h2-36H,1H3. The molecule has 0 N–H and O–H groups in total. The lowest BCUT2D eigenvalue weighted by atomic mass is 9.60. The van der Waals surface area contributed by atoms with Crippen molar-refractivity contribution in [1.82, 2.24) is 4.57 Å². The van der Waals surface area contributed by atoms with E-state index in [1.54, 1.807) is 0 Å². The average Bonchev–Trinajstić information content (AvgIpc) is 3.99. The second-order valence-electron chi connectivity index (χ2n) is 18.4. The molecule has 1 atom stereocenters. The maximum Gasteiger partial charge on any atom is 0.113 e. The van der Waals surface area contributed by atoms with Crippen molar-refractivity contribution in [2.24, 2.45) is 7.05 Å². The van der Waals surface area contributed by atoms with Crippen molar-refractivity contribution in [3.05, 3.63) is 235 Å². The monoisotopic (exact) mass is 879 g/mol. The molecule has 10 aromatic carbocycles. The summed E-state index contributed by atoms with van der Waals surface area (Å²) in [5.41, 5.74) is 20.3. The maximum absolute atomic E-state index is 6.62. The zero-order chi connectivity index (χ0) is 47.4. The lowest BCUT2D eigenvalue weighted by Crippen LogP contribution is -2.55. The van der Waals surface area contributed by atoms with Gasteiger partial charge in [0, 0.05) is 51.8 Å². The molecule has 1 unspecified atom stereocenters. The van der Waals surface area contributed by atoms with E-state index >= 15 is 0 Å².